The van der Waals surface area contributed by atoms with Crippen LogP contribution in [0.3, 0.4) is 0 Å². The van der Waals surface area contributed by atoms with Crippen molar-refractivity contribution in [1.29, 1.82) is 0 Å². The van der Waals surface area contributed by atoms with E-state index in [0.717, 1.165) is 15.1 Å². The number of aromatic nitrogens is 2. The van der Waals surface area contributed by atoms with Crippen LogP contribution in [0.2, 0.25) is 5.02 Å². The first-order valence-electron chi connectivity index (χ1n) is 5.54. The highest BCUT2D eigenvalue weighted by Gasteiger charge is 2.07. The van der Waals surface area contributed by atoms with Gasteiger partial charge in [-0.2, -0.15) is 5.10 Å². The van der Waals surface area contributed by atoms with Gasteiger partial charge in [-0.3, -0.25) is 4.68 Å². The smallest absolute Gasteiger partial charge is 0.171 e. The van der Waals surface area contributed by atoms with Crippen molar-refractivity contribution in [2.45, 2.75) is 6.54 Å². The summed E-state index contributed by atoms with van der Waals surface area (Å²) in [6.45, 7) is 0.670. The molecule has 0 bridgehead atoms. The Balaban J connectivity index is 2.11. The maximum atomic E-state index is 5.86. The van der Waals surface area contributed by atoms with E-state index in [1.54, 1.807) is 7.05 Å². The van der Waals surface area contributed by atoms with Crippen LogP contribution in [0.15, 0.2) is 34.9 Å². The van der Waals surface area contributed by atoms with Crippen molar-refractivity contribution < 1.29 is 0 Å². The van der Waals surface area contributed by atoms with E-state index in [1.165, 1.54) is 0 Å². The average Bonchev–Trinajstić information content (AvgIpc) is 2.72. The van der Waals surface area contributed by atoms with Crippen molar-refractivity contribution in [2.75, 3.05) is 12.4 Å². The quantitative estimate of drug-likeness (QED) is 0.826. The van der Waals surface area contributed by atoms with Crippen LogP contribution >= 0.6 is 39.7 Å². The van der Waals surface area contributed by atoms with Gasteiger partial charge in [-0.1, -0.05) is 23.7 Å². The summed E-state index contributed by atoms with van der Waals surface area (Å²) in [5.41, 5.74) is 1.13. The zero-order valence-electron chi connectivity index (χ0n) is 10.2. The van der Waals surface area contributed by atoms with E-state index in [9.17, 15) is 0 Å². The molecule has 0 aliphatic carbocycles. The second kappa shape index (κ2) is 6.36. The van der Waals surface area contributed by atoms with Gasteiger partial charge in [0.2, 0.25) is 0 Å². The Bertz CT molecular complexity index is 582. The van der Waals surface area contributed by atoms with E-state index in [2.05, 4.69) is 31.7 Å². The summed E-state index contributed by atoms with van der Waals surface area (Å²) in [6.07, 6.45) is 1.90. The number of anilines is 1. The molecule has 7 heteroatoms. The molecule has 0 spiro atoms. The number of benzene rings is 1. The maximum absolute atomic E-state index is 5.86. The second-order valence-electron chi connectivity index (χ2n) is 3.85. The van der Waals surface area contributed by atoms with E-state index in [0.29, 0.717) is 17.5 Å². The first-order chi connectivity index (χ1) is 9.08. The number of halogens is 2. The van der Waals surface area contributed by atoms with Gasteiger partial charge in [0.05, 0.1) is 11.0 Å². The molecule has 2 N–H and O–H groups in total. The van der Waals surface area contributed by atoms with Gasteiger partial charge in [0, 0.05) is 18.3 Å². The normalized spacial score (nSPS) is 10.3. The Morgan fingerprint density at radius 2 is 2.11 bits per heavy atom. The summed E-state index contributed by atoms with van der Waals surface area (Å²) < 4.78 is 2.69. The lowest BCUT2D eigenvalue weighted by Crippen LogP contribution is -2.24. The molecular weight excluding hydrogens is 348 g/mol. The van der Waals surface area contributed by atoms with Gasteiger partial charge in [0.1, 0.15) is 0 Å². The zero-order chi connectivity index (χ0) is 13.8. The van der Waals surface area contributed by atoms with Crippen molar-refractivity contribution in [3.63, 3.8) is 0 Å². The summed E-state index contributed by atoms with van der Waals surface area (Å²) in [5, 5.41) is 11.5. The van der Waals surface area contributed by atoms with Crippen molar-refractivity contribution in [3.8, 4) is 0 Å². The lowest BCUT2D eigenvalue weighted by molar-refractivity contribution is 0.689. The Hall–Kier alpha value is -1.11. The molecule has 4 nitrogen and oxygen atoms in total. The predicted molar refractivity (Wildman–Crippen MR) is 85.8 cm³/mol. The SMILES string of the molecule is CNC(=S)Nc1nn(Cc2ccc(Cl)cc2)cc1Br. The number of thiocarbonyl (C=S) groups is 1. The topological polar surface area (TPSA) is 41.9 Å². The van der Waals surface area contributed by atoms with Crippen LogP contribution in [0.1, 0.15) is 5.56 Å². The Morgan fingerprint density at radius 3 is 2.74 bits per heavy atom. The van der Waals surface area contributed by atoms with Crippen LogP contribution in [0.5, 0.6) is 0 Å². The van der Waals surface area contributed by atoms with E-state index in [-0.39, 0.29) is 0 Å². The largest absolute Gasteiger partial charge is 0.365 e. The molecule has 0 unspecified atom stereocenters. The highest BCUT2D eigenvalue weighted by Crippen LogP contribution is 2.21. The minimum atomic E-state index is 0.525. The average molecular weight is 360 g/mol. The summed E-state index contributed by atoms with van der Waals surface area (Å²) >= 11 is 14.3. The third-order valence-electron chi connectivity index (χ3n) is 2.43. The van der Waals surface area contributed by atoms with Gasteiger partial charge in [-0.15, -0.1) is 0 Å². The number of nitrogens with zero attached hydrogens (tertiary/aromatic N) is 2. The van der Waals surface area contributed by atoms with E-state index >= 15 is 0 Å². The molecule has 0 amide bonds. The molecule has 19 heavy (non-hydrogen) atoms. The molecule has 0 radical (unpaired) electrons. The van der Waals surface area contributed by atoms with Crippen molar-refractivity contribution >= 4 is 50.7 Å². The summed E-state index contributed by atoms with van der Waals surface area (Å²) in [6, 6.07) is 7.68. The molecule has 0 saturated heterocycles. The minimum absolute atomic E-state index is 0.525. The van der Waals surface area contributed by atoms with E-state index in [4.69, 9.17) is 23.8 Å². The van der Waals surface area contributed by atoms with Gasteiger partial charge in [0.25, 0.3) is 0 Å². The van der Waals surface area contributed by atoms with Crippen LogP contribution in [0.25, 0.3) is 0 Å². The van der Waals surface area contributed by atoms with Crippen LogP contribution in [-0.2, 0) is 6.54 Å². The Labute approximate surface area is 130 Å². The summed E-state index contributed by atoms with van der Waals surface area (Å²) in [7, 11) is 1.76. The standard InChI is InChI=1S/C12H12BrClN4S/c1-15-12(19)16-11-10(13)7-18(17-11)6-8-2-4-9(14)5-3-8/h2-5,7H,6H2,1H3,(H2,15,16,17,19). The fourth-order valence-corrected chi connectivity index (χ4v) is 2.15. The number of hydrogen-bond acceptors (Lipinski definition) is 2. The summed E-state index contributed by atoms with van der Waals surface area (Å²) in [5.74, 6) is 0.688. The van der Waals surface area contributed by atoms with E-state index < -0.39 is 0 Å². The molecule has 2 aromatic rings. The molecular formula is C12H12BrClN4S. The highest BCUT2D eigenvalue weighted by atomic mass is 79.9. The molecule has 1 heterocycles. The van der Waals surface area contributed by atoms with Gasteiger partial charge in [0.15, 0.2) is 10.9 Å². The number of nitrogens with one attached hydrogen (secondary N) is 2. The first-order valence-corrected chi connectivity index (χ1v) is 7.12. The van der Waals surface area contributed by atoms with Crippen LogP contribution < -0.4 is 10.6 Å². The number of hydrogen-bond donors (Lipinski definition) is 2. The minimum Gasteiger partial charge on any atom is -0.365 e. The molecule has 1 aromatic heterocycles. The lowest BCUT2D eigenvalue weighted by Gasteiger charge is -2.04. The van der Waals surface area contributed by atoms with Crippen LogP contribution in [0, 0.1) is 0 Å². The molecule has 0 aliphatic rings. The monoisotopic (exact) mass is 358 g/mol. The predicted octanol–water partition coefficient (Wildman–Crippen LogP) is 3.26. The van der Waals surface area contributed by atoms with Crippen LogP contribution in [0.4, 0.5) is 5.82 Å². The Kier molecular flexibility index (Phi) is 4.79. The molecule has 0 atom stereocenters. The lowest BCUT2D eigenvalue weighted by atomic mass is 10.2. The highest BCUT2D eigenvalue weighted by molar-refractivity contribution is 9.10. The third kappa shape index (κ3) is 3.92. The molecule has 1 aromatic carbocycles. The van der Waals surface area contributed by atoms with Crippen molar-refractivity contribution in [3.05, 3.63) is 45.5 Å². The molecule has 0 saturated carbocycles. The van der Waals surface area contributed by atoms with Gasteiger partial charge in [-0.25, -0.2) is 0 Å². The fraction of sp³-hybridized carbons (Fsp3) is 0.167. The van der Waals surface area contributed by atoms with Crippen molar-refractivity contribution in [2.24, 2.45) is 0 Å². The second-order valence-corrected chi connectivity index (χ2v) is 5.55. The Morgan fingerprint density at radius 1 is 1.42 bits per heavy atom. The fourth-order valence-electron chi connectivity index (χ4n) is 1.51. The van der Waals surface area contributed by atoms with Gasteiger partial charge in [-0.05, 0) is 45.8 Å². The van der Waals surface area contributed by atoms with Crippen LogP contribution in [-0.4, -0.2) is 21.9 Å². The van der Waals surface area contributed by atoms with E-state index in [1.807, 2.05) is 35.1 Å². The molecule has 0 fully saturated rings. The van der Waals surface area contributed by atoms with Crippen molar-refractivity contribution in [1.82, 2.24) is 15.1 Å². The summed E-state index contributed by atoms with van der Waals surface area (Å²) in [4.78, 5) is 0. The first kappa shape index (κ1) is 14.3. The third-order valence-corrected chi connectivity index (χ3v) is 3.57. The van der Waals surface area contributed by atoms with Gasteiger partial charge >= 0.3 is 0 Å². The van der Waals surface area contributed by atoms with Gasteiger partial charge < -0.3 is 10.6 Å². The molecule has 0 aliphatic heterocycles. The molecule has 100 valence electrons. The maximum Gasteiger partial charge on any atom is 0.171 e. The zero-order valence-corrected chi connectivity index (χ0v) is 13.3. The number of rotatable bonds is 3. The molecule has 2 rings (SSSR count).